The summed E-state index contributed by atoms with van der Waals surface area (Å²) in [7, 11) is 0. The summed E-state index contributed by atoms with van der Waals surface area (Å²) in [6.07, 6.45) is 1.97. The SMILES string of the molecule is Nc1nc(Cl)cc(OCC2(CO)CC2)n1. The molecule has 0 unspecified atom stereocenters. The van der Waals surface area contributed by atoms with Gasteiger partial charge in [-0.25, -0.2) is 4.98 Å². The van der Waals surface area contributed by atoms with Crippen molar-refractivity contribution >= 4 is 17.5 Å². The lowest BCUT2D eigenvalue weighted by atomic mass is 10.1. The monoisotopic (exact) mass is 229 g/mol. The van der Waals surface area contributed by atoms with Crippen molar-refractivity contribution in [3.8, 4) is 5.88 Å². The zero-order valence-electron chi connectivity index (χ0n) is 8.11. The number of nitrogen functional groups attached to an aromatic ring is 1. The van der Waals surface area contributed by atoms with Gasteiger partial charge in [-0.2, -0.15) is 4.98 Å². The minimum Gasteiger partial charge on any atom is -0.477 e. The van der Waals surface area contributed by atoms with Crippen LogP contribution in [0.25, 0.3) is 0 Å². The number of aliphatic hydroxyl groups excluding tert-OH is 1. The van der Waals surface area contributed by atoms with Crippen LogP contribution in [0.15, 0.2) is 6.07 Å². The van der Waals surface area contributed by atoms with Gasteiger partial charge in [0.25, 0.3) is 0 Å². The van der Waals surface area contributed by atoms with E-state index in [1.165, 1.54) is 6.07 Å². The molecule has 0 spiro atoms. The third kappa shape index (κ3) is 2.49. The summed E-state index contributed by atoms with van der Waals surface area (Å²) < 4.78 is 5.41. The van der Waals surface area contributed by atoms with E-state index in [1.807, 2.05) is 0 Å². The maximum absolute atomic E-state index is 9.08. The topological polar surface area (TPSA) is 81.3 Å². The quantitative estimate of drug-likeness (QED) is 0.749. The second-order valence-electron chi connectivity index (χ2n) is 3.83. The molecule has 5 nitrogen and oxygen atoms in total. The molecule has 3 N–H and O–H groups in total. The summed E-state index contributed by atoms with van der Waals surface area (Å²) in [5.41, 5.74) is 5.33. The van der Waals surface area contributed by atoms with E-state index in [-0.39, 0.29) is 23.1 Å². The van der Waals surface area contributed by atoms with Crippen molar-refractivity contribution in [3.05, 3.63) is 11.2 Å². The molecule has 0 aliphatic heterocycles. The molecule has 0 amide bonds. The number of aromatic nitrogens is 2. The first kappa shape index (κ1) is 10.4. The predicted molar refractivity (Wildman–Crippen MR) is 55.7 cm³/mol. The predicted octanol–water partition coefficient (Wildman–Crippen LogP) is 0.863. The number of nitrogens with two attached hydrogens (primary N) is 1. The highest BCUT2D eigenvalue weighted by Gasteiger charge is 2.43. The molecule has 0 bridgehead atoms. The first-order valence-corrected chi connectivity index (χ1v) is 5.05. The van der Waals surface area contributed by atoms with E-state index < -0.39 is 0 Å². The van der Waals surface area contributed by atoms with Gasteiger partial charge in [0.15, 0.2) is 0 Å². The normalized spacial score (nSPS) is 17.5. The number of hydrogen-bond donors (Lipinski definition) is 2. The van der Waals surface area contributed by atoms with Gasteiger partial charge in [-0.05, 0) is 12.8 Å². The summed E-state index contributed by atoms with van der Waals surface area (Å²) in [5, 5.41) is 9.34. The van der Waals surface area contributed by atoms with Crippen molar-refractivity contribution in [1.29, 1.82) is 0 Å². The Bertz CT molecular complexity index is 348. The van der Waals surface area contributed by atoms with Gasteiger partial charge >= 0.3 is 0 Å². The van der Waals surface area contributed by atoms with Crippen molar-refractivity contribution < 1.29 is 9.84 Å². The number of ether oxygens (including phenoxy) is 1. The van der Waals surface area contributed by atoms with Crippen LogP contribution < -0.4 is 10.5 Å². The van der Waals surface area contributed by atoms with E-state index in [9.17, 15) is 0 Å². The van der Waals surface area contributed by atoms with Crippen LogP contribution in [0.3, 0.4) is 0 Å². The Kier molecular flexibility index (Phi) is 2.67. The van der Waals surface area contributed by atoms with E-state index >= 15 is 0 Å². The number of rotatable bonds is 4. The maximum Gasteiger partial charge on any atom is 0.224 e. The van der Waals surface area contributed by atoms with Crippen LogP contribution in [-0.2, 0) is 0 Å². The Balaban J connectivity index is 1.99. The molecule has 0 atom stereocenters. The van der Waals surface area contributed by atoms with Crippen LogP contribution in [0.4, 0.5) is 5.95 Å². The molecule has 6 heteroatoms. The third-order valence-electron chi connectivity index (χ3n) is 2.51. The van der Waals surface area contributed by atoms with Crippen molar-refractivity contribution in [1.82, 2.24) is 9.97 Å². The van der Waals surface area contributed by atoms with Crippen LogP contribution >= 0.6 is 11.6 Å². The molecule has 15 heavy (non-hydrogen) atoms. The molecule has 1 saturated carbocycles. The molecular formula is C9H12ClN3O2. The Morgan fingerprint density at radius 2 is 2.27 bits per heavy atom. The maximum atomic E-state index is 9.08. The summed E-state index contributed by atoms with van der Waals surface area (Å²) in [4.78, 5) is 7.59. The summed E-state index contributed by atoms with van der Waals surface area (Å²) in [5.74, 6) is 0.443. The lowest BCUT2D eigenvalue weighted by Crippen LogP contribution is -2.17. The highest BCUT2D eigenvalue weighted by molar-refractivity contribution is 6.29. The average molecular weight is 230 g/mol. The molecule has 1 aliphatic carbocycles. The highest BCUT2D eigenvalue weighted by Crippen LogP contribution is 2.45. The number of anilines is 1. The van der Waals surface area contributed by atoms with Crippen molar-refractivity contribution in [2.24, 2.45) is 5.41 Å². The standard InChI is InChI=1S/C9H12ClN3O2/c10-6-3-7(13-8(11)12-6)15-5-9(4-14)1-2-9/h3,14H,1-2,4-5H2,(H2,11,12,13). The molecule has 0 aromatic carbocycles. The van der Waals surface area contributed by atoms with Crippen molar-refractivity contribution in [2.75, 3.05) is 18.9 Å². The summed E-state index contributed by atoms with van der Waals surface area (Å²) >= 11 is 5.69. The number of hydrogen-bond acceptors (Lipinski definition) is 5. The number of halogens is 1. The first-order valence-electron chi connectivity index (χ1n) is 4.67. The lowest BCUT2D eigenvalue weighted by Gasteiger charge is -2.12. The fraction of sp³-hybridized carbons (Fsp3) is 0.556. The molecule has 1 aliphatic rings. The van der Waals surface area contributed by atoms with Crippen molar-refractivity contribution in [2.45, 2.75) is 12.8 Å². The summed E-state index contributed by atoms with van der Waals surface area (Å²) in [6.45, 7) is 0.581. The number of nitrogens with zero attached hydrogens (tertiary/aromatic N) is 2. The van der Waals surface area contributed by atoms with E-state index in [2.05, 4.69) is 9.97 Å². The molecule has 2 rings (SSSR count). The van der Waals surface area contributed by atoms with Gasteiger partial charge in [-0.15, -0.1) is 0 Å². The van der Waals surface area contributed by atoms with Gasteiger partial charge in [0.05, 0.1) is 13.2 Å². The van der Waals surface area contributed by atoms with Crippen LogP contribution in [0.1, 0.15) is 12.8 Å². The van der Waals surface area contributed by atoms with Gasteiger partial charge in [-0.1, -0.05) is 11.6 Å². The Morgan fingerprint density at radius 1 is 1.53 bits per heavy atom. The molecule has 0 radical (unpaired) electrons. The fourth-order valence-corrected chi connectivity index (χ4v) is 1.42. The van der Waals surface area contributed by atoms with Gasteiger partial charge in [-0.3, -0.25) is 0 Å². The lowest BCUT2D eigenvalue weighted by molar-refractivity contribution is 0.143. The van der Waals surface area contributed by atoms with Gasteiger partial charge < -0.3 is 15.6 Å². The van der Waals surface area contributed by atoms with E-state index in [0.717, 1.165) is 12.8 Å². The smallest absolute Gasteiger partial charge is 0.224 e. The van der Waals surface area contributed by atoms with Gasteiger partial charge in [0, 0.05) is 11.5 Å². The molecule has 1 heterocycles. The van der Waals surface area contributed by atoms with Crippen LogP contribution in [0.5, 0.6) is 5.88 Å². The molecule has 82 valence electrons. The van der Waals surface area contributed by atoms with Crippen LogP contribution in [0.2, 0.25) is 5.15 Å². The van der Waals surface area contributed by atoms with E-state index in [1.54, 1.807) is 0 Å². The average Bonchev–Trinajstić information content (AvgIpc) is 2.94. The fourth-order valence-electron chi connectivity index (χ4n) is 1.24. The first-order chi connectivity index (χ1) is 7.13. The second kappa shape index (κ2) is 3.83. The second-order valence-corrected chi connectivity index (χ2v) is 4.22. The largest absolute Gasteiger partial charge is 0.477 e. The Labute approximate surface area is 92.2 Å². The zero-order valence-corrected chi connectivity index (χ0v) is 8.87. The number of aliphatic hydroxyl groups is 1. The Morgan fingerprint density at radius 3 is 2.80 bits per heavy atom. The van der Waals surface area contributed by atoms with Crippen LogP contribution in [0, 0.1) is 5.41 Å². The van der Waals surface area contributed by atoms with Crippen molar-refractivity contribution in [3.63, 3.8) is 0 Å². The minimum atomic E-state index is -0.0772. The molecule has 1 aromatic rings. The van der Waals surface area contributed by atoms with E-state index in [0.29, 0.717) is 12.5 Å². The molecule has 1 aromatic heterocycles. The third-order valence-corrected chi connectivity index (χ3v) is 2.70. The van der Waals surface area contributed by atoms with Gasteiger partial charge in [0.1, 0.15) is 5.15 Å². The zero-order chi connectivity index (χ0) is 10.9. The molecular weight excluding hydrogens is 218 g/mol. The van der Waals surface area contributed by atoms with Crippen LogP contribution in [-0.4, -0.2) is 28.3 Å². The molecule has 1 fully saturated rings. The molecule has 0 saturated heterocycles. The van der Waals surface area contributed by atoms with Gasteiger partial charge in [0.2, 0.25) is 11.8 Å². The van der Waals surface area contributed by atoms with E-state index in [4.69, 9.17) is 27.2 Å². The Hall–Kier alpha value is -1.07. The summed E-state index contributed by atoms with van der Waals surface area (Å²) in [6, 6.07) is 1.51. The minimum absolute atomic E-state index is 0.0772. The highest BCUT2D eigenvalue weighted by atomic mass is 35.5.